The molecule has 42 heavy (non-hydrogen) atoms. The first-order chi connectivity index (χ1) is 19.8. The van der Waals surface area contributed by atoms with E-state index >= 15 is 0 Å². The summed E-state index contributed by atoms with van der Waals surface area (Å²) in [5.74, 6) is -3.17. The molecule has 3 aromatic rings. The first-order valence-corrected chi connectivity index (χ1v) is 15.2. The summed E-state index contributed by atoms with van der Waals surface area (Å²) in [4.78, 5) is 12.2. The average Bonchev–Trinajstić information content (AvgIpc) is 3.47. The zero-order chi connectivity index (χ0) is 30.3. The van der Waals surface area contributed by atoms with E-state index in [0.29, 0.717) is 30.5 Å². The summed E-state index contributed by atoms with van der Waals surface area (Å²) in [7, 11) is -3.49. The highest BCUT2D eigenvalue weighted by molar-refractivity contribution is 7.89. The first-order valence-electron chi connectivity index (χ1n) is 13.6. The minimum atomic E-state index is -4.90. The predicted octanol–water partition coefficient (Wildman–Crippen LogP) is 5.59. The Morgan fingerprint density at radius 3 is 2.57 bits per heavy atom. The van der Waals surface area contributed by atoms with Crippen LogP contribution in [0.5, 0.6) is 0 Å². The Hall–Kier alpha value is -3.51. The number of allylic oxidation sites excluding steroid dienone is 1. The molecule has 0 bridgehead atoms. The molecular weight excluding hydrogens is 574 g/mol. The van der Waals surface area contributed by atoms with Crippen molar-refractivity contribution in [3.05, 3.63) is 88.5 Å². The zero-order valence-corrected chi connectivity index (χ0v) is 24.0. The number of carbonyl (C=O) groups excluding carboxylic acids is 1. The van der Waals surface area contributed by atoms with Gasteiger partial charge in [-0.15, -0.1) is 0 Å². The fourth-order valence-corrected chi connectivity index (χ4v) is 7.57. The van der Waals surface area contributed by atoms with Gasteiger partial charge in [0.2, 0.25) is 10.0 Å². The Morgan fingerprint density at radius 1 is 1.17 bits per heavy atom. The molecular formula is C30H31F4N3O4S. The van der Waals surface area contributed by atoms with Crippen LogP contribution in [-0.4, -0.2) is 60.6 Å². The van der Waals surface area contributed by atoms with Crippen molar-refractivity contribution in [2.75, 3.05) is 26.0 Å². The molecule has 7 nitrogen and oxygen atoms in total. The van der Waals surface area contributed by atoms with E-state index in [1.54, 1.807) is 41.2 Å². The van der Waals surface area contributed by atoms with Gasteiger partial charge in [0.1, 0.15) is 5.82 Å². The van der Waals surface area contributed by atoms with Crippen LogP contribution in [0, 0.1) is 17.2 Å². The van der Waals surface area contributed by atoms with Crippen molar-refractivity contribution in [3.8, 4) is 5.69 Å². The van der Waals surface area contributed by atoms with Crippen LogP contribution < -0.4 is 0 Å². The maximum absolute atomic E-state index is 13.5. The number of esters is 1. The normalized spacial score (nSPS) is 20.3. The van der Waals surface area contributed by atoms with Crippen molar-refractivity contribution < 1.29 is 35.5 Å². The lowest BCUT2D eigenvalue weighted by Gasteiger charge is -2.38. The van der Waals surface area contributed by atoms with Crippen LogP contribution in [0.3, 0.4) is 0 Å². The number of alkyl halides is 3. The van der Waals surface area contributed by atoms with Crippen LogP contribution in [0.4, 0.5) is 17.6 Å². The van der Waals surface area contributed by atoms with Crippen molar-refractivity contribution >= 4 is 22.1 Å². The highest BCUT2D eigenvalue weighted by atomic mass is 32.2. The van der Waals surface area contributed by atoms with E-state index in [9.17, 15) is 30.8 Å². The molecule has 1 saturated carbocycles. The van der Waals surface area contributed by atoms with Crippen LogP contribution in [0.25, 0.3) is 11.8 Å². The second kappa shape index (κ2) is 11.3. The summed E-state index contributed by atoms with van der Waals surface area (Å²) in [5, 5.41) is 4.49. The molecule has 0 spiro atoms. The third-order valence-electron chi connectivity index (χ3n) is 8.44. The number of fused-ring (bicyclic) bond motifs is 2. The Balaban J connectivity index is 1.42. The predicted molar refractivity (Wildman–Crippen MR) is 149 cm³/mol. The molecule has 2 aliphatic carbocycles. The number of nitrogens with zero attached hydrogens (tertiary/aromatic N) is 3. The van der Waals surface area contributed by atoms with Gasteiger partial charge < -0.3 is 4.74 Å². The number of sulfonamides is 1. The standard InChI is InChI=1S/C30H31F4N3O4S/c1-29-16-21-17-35-37(25-11-9-24(31)10-12-25)27(21)15-22(29)7-8-23(29)18-36(42(39,40)19-30(32,33)34)14-13-20-5-3-4-6-26(20)28(38)41-2/h3-6,9-12,15,17,23H,7-8,13-14,16,18-19H2,1-2H3/t23-,29+/m1/s1. The molecule has 0 unspecified atom stereocenters. The fraction of sp³-hybridized carbons (Fsp3) is 0.400. The van der Waals surface area contributed by atoms with Gasteiger partial charge in [-0.3, -0.25) is 0 Å². The van der Waals surface area contributed by atoms with Crippen LogP contribution in [0.2, 0.25) is 0 Å². The van der Waals surface area contributed by atoms with Gasteiger partial charge in [0, 0.05) is 13.1 Å². The summed E-state index contributed by atoms with van der Waals surface area (Å²) < 4.78 is 87.3. The van der Waals surface area contributed by atoms with E-state index in [1.807, 2.05) is 13.0 Å². The molecule has 2 aromatic carbocycles. The van der Waals surface area contributed by atoms with Gasteiger partial charge in [-0.1, -0.05) is 30.7 Å². The lowest BCUT2D eigenvalue weighted by Crippen LogP contribution is -2.44. The van der Waals surface area contributed by atoms with Crippen LogP contribution in [0.15, 0.2) is 60.3 Å². The van der Waals surface area contributed by atoms with Gasteiger partial charge in [-0.2, -0.15) is 18.3 Å². The van der Waals surface area contributed by atoms with Crippen molar-refractivity contribution in [3.63, 3.8) is 0 Å². The summed E-state index contributed by atoms with van der Waals surface area (Å²) >= 11 is 0. The van der Waals surface area contributed by atoms with E-state index in [1.165, 1.54) is 25.3 Å². The molecule has 1 fully saturated rings. The number of rotatable bonds is 9. The third-order valence-corrected chi connectivity index (χ3v) is 10.3. The SMILES string of the molecule is COC(=O)c1ccccc1CCN(C[C@H]1CCC2=Cc3c(cnn3-c3ccc(F)cc3)C[C@@]21C)S(=O)(=O)CC(F)(F)F. The molecule has 12 heteroatoms. The lowest BCUT2D eigenvalue weighted by atomic mass is 9.70. The van der Waals surface area contributed by atoms with Gasteiger partial charge in [-0.25, -0.2) is 26.6 Å². The number of ether oxygens (including phenoxy) is 1. The van der Waals surface area contributed by atoms with E-state index in [4.69, 9.17) is 4.74 Å². The highest BCUT2D eigenvalue weighted by Crippen LogP contribution is 2.53. The van der Waals surface area contributed by atoms with Crippen molar-refractivity contribution in [1.29, 1.82) is 0 Å². The van der Waals surface area contributed by atoms with Crippen molar-refractivity contribution in [2.45, 2.75) is 38.8 Å². The van der Waals surface area contributed by atoms with E-state index in [0.717, 1.165) is 21.1 Å². The number of methoxy groups -OCH3 is 1. The van der Waals surface area contributed by atoms with Gasteiger partial charge in [0.05, 0.1) is 30.3 Å². The molecule has 2 atom stereocenters. The number of halogens is 4. The first kappa shape index (κ1) is 30.0. The summed E-state index contributed by atoms with van der Waals surface area (Å²) in [6, 6.07) is 12.5. The molecule has 0 radical (unpaired) electrons. The number of benzene rings is 2. The van der Waals surface area contributed by atoms with Gasteiger partial charge >= 0.3 is 12.1 Å². The Kier molecular flexibility index (Phi) is 8.06. The highest BCUT2D eigenvalue weighted by Gasteiger charge is 2.48. The van der Waals surface area contributed by atoms with Crippen molar-refractivity contribution in [1.82, 2.24) is 14.1 Å². The fourth-order valence-electron chi connectivity index (χ4n) is 6.19. The van der Waals surface area contributed by atoms with Crippen LogP contribution in [0.1, 0.15) is 46.9 Å². The second-order valence-corrected chi connectivity index (χ2v) is 13.0. The molecule has 0 amide bonds. The van der Waals surface area contributed by atoms with E-state index in [-0.39, 0.29) is 36.8 Å². The lowest BCUT2D eigenvalue weighted by molar-refractivity contribution is -0.107. The summed E-state index contributed by atoms with van der Waals surface area (Å²) in [6.45, 7) is 1.72. The summed E-state index contributed by atoms with van der Waals surface area (Å²) in [6.07, 6.45) is 0.702. The van der Waals surface area contributed by atoms with E-state index in [2.05, 4.69) is 5.10 Å². The third kappa shape index (κ3) is 6.00. The number of carbonyl (C=O) groups is 1. The average molecular weight is 606 g/mol. The number of hydrogen-bond acceptors (Lipinski definition) is 5. The minimum absolute atomic E-state index is 0.0447. The number of hydrogen-bond donors (Lipinski definition) is 0. The van der Waals surface area contributed by atoms with Gasteiger partial charge in [0.25, 0.3) is 0 Å². The van der Waals surface area contributed by atoms with E-state index < -0.39 is 33.3 Å². The topological polar surface area (TPSA) is 81.5 Å². The molecule has 5 rings (SSSR count). The Bertz CT molecular complexity index is 1620. The summed E-state index contributed by atoms with van der Waals surface area (Å²) in [5.41, 5.74) is 3.80. The van der Waals surface area contributed by atoms with Gasteiger partial charge in [0.15, 0.2) is 5.75 Å². The molecule has 2 aliphatic rings. The van der Waals surface area contributed by atoms with Crippen LogP contribution in [-0.2, 0) is 27.6 Å². The van der Waals surface area contributed by atoms with Gasteiger partial charge in [-0.05, 0) is 84.6 Å². The Morgan fingerprint density at radius 2 is 1.88 bits per heavy atom. The largest absolute Gasteiger partial charge is 0.465 e. The number of aromatic nitrogens is 2. The van der Waals surface area contributed by atoms with Crippen LogP contribution >= 0.6 is 0 Å². The molecule has 1 aromatic heterocycles. The smallest absolute Gasteiger partial charge is 0.404 e. The molecule has 224 valence electrons. The van der Waals surface area contributed by atoms with Crippen molar-refractivity contribution in [2.24, 2.45) is 11.3 Å². The second-order valence-electron chi connectivity index (χ2n) is 11.1. The minimum Gasteiger partial charge on any atom is -0.465 e. The maximum Gasteiger partial charge on any atom is 0.404 e. The monoisotopic (exact) mass is 605 g/mol. The quantitative estimate of drug-likeness (QED) is 0.235. The molecule has 0 saturated heterocycles. The molecule has 1 heterocycles. The zero-order valence-electron chi connectivity index (χ0n) is 23.2. The maximum atomic E-state index is 13.5. The Labute approximate surface area is 241 Å². The molecule has 0 N–H and O–H groups in total. The molecule has 0 aliphatic heterocycles.